The zero-order valence-corrected chi connectivity index (χ0v) is 18.6. The number of aryl methyl sites for hydroxylation is 1. The molecule has 2 aromatic carbocycles. The van der Waals surface area contributed by atoms with Gasteiger partial charge in [0.15, 0.2) is 5.13 Å². The average molecular weight is 461 g/mol. The van der Waals surface area contributed by atoms with Crippen molar-refractivity contribution in [2.24, 2.45) is 5.92 Å². The Balaban J connectivity index is 1.47. The largest absolute Gasteiger partial charge is 0.481 e. The van der Waals surface area contributed by atoms with Crippen LogP contribution in [-0.2, 0) is 11.2 Å². The molecule has 0 saturated heterocycles. The van der Waals surface area contributed by atoms with E-state index in [0.29, 0.717) is 28.9 Å². The summed E-state index contributed by atoms with van der Waals surface area (Å²) in [4.78, 5) is 17.7. The van der Waals surface area contributed by atoms with E-state index in [0.717, 1.165) is 41.2 Å². The number of hydrogen-bond donors (Lipinski definition) is 2. The van der Waals surface area contributed by atoms with E-state index in [1.54, 1.807) is 17.4 Å². The van der Waals surface area contributed by atoms with Gasteiger partial charge in [0.1, 0.15) is 0 Å². The number of carbonyl (C=O) groups is 1. The standard InChI is InChI=1S/C23H22Cl2N2O2S/c24-18-11-10-16(12-19(18)25)20-21(15-8-9-15)30-23(27-20)26-13-17(22(28)29)7-6-14-4-2-1-3-5-14/h1-5,10-12,15,17H,6-9,13H2,(H,26,27)(H,28,29). The number of halogens is 2. The quantitative estimate of drug-likeness (QED) is 0.371. The molecule has 156 valence electrons. The topological polar surface area (TPSA) is 62.2 Å². The van der Waals surface area contributed by atoms with Gasteiger partial charge in [-0.2, -0.15) is 0 Å². The van der Waals surface area contributed by atoms with Crippen molar-refractivity contribution in [2.75, 3.05) is 11.9 Å². The van der Waals surface area contributed by atoms with Crippen molar-refractivity contribution in [3.63, 3.8) is 0 Å². The normalized spacial score (nSPS) is 14.5. The molecule has 1 aromatic heterocycles. The van der Waals surface area contributed by atoms with E-state index >= 15 is 0 Å². The van der Waals surface area contributed by atoms with Gasteiger partial charge >= 0.3 is 5.97 Å². The molecule has 30 heavy (non-hydrogen) atoms. The van der Waals surface area contributed by atoms with E-state index in [4.69, 9.17) is 28.2 Å². The Bertz CT molecular complexity index is 1030. The summed E-state index contributed by atoms with van der Waals surface area (Å²) in [6.07, 6.45) is 3.63. The van der Waals surface area contributed by atoms with Gasteiger partial charge in [-0.1, -0.05) is 59.6 Å². The molecular weight excluding hydrogens is 439 g/mol. The van der Waals surface area contributed by atoms with Crippen molar-refractivity contribution in [1.82, 2.24) is 4.98 Å². The summed E-state index contributed by atoms with van der Waals surface area (Å²) in [5.74, 6) is -0.745. The summed E-state index contributed by atoms with van der Waals surface area (Å²) < 4.78 is 0. The van der Waals surface area contributed by atoms with Crippen LogP contribution >= 0.6 is 34.5 Å². The molecule has 1 aliphatic rings. The summed E-state index contributed by atoms with van der Waals surface area (Å²) >= 11 is 13.9. The van der Waals surface area contributed by atoms with Crippen LogP contribution in [0.2, 0.25) is 10.0 Å². The lowest BCUT2D eigenvalue weighted by Crippen LogP contribution is -2.23. The third-order valence-corrected chi connectivity index (χ3v) is 7.18. The number of benzene rings is 2. The van der Waals surface area contributed by atoms with Crippen LogP contribution in [-0.4, -0.2) is 22.6 Å². The number of anilines is 1. The average Bonchev–Trinajstić information content (AvgIpc) is 3.50. The molecule has 0 radical (unpaired) electrons. The third kappa shape index (κ3) is 5.15. The van der Waals surface area contributed by atoms with Gasteiger partial charge in [-0.25, -0.2) is 4.98 Å². The highest BCUT2D eigenvalue weighted by Crippen LogP contribution is 2.48. The molecule has 3 aromatic rings. The van der Waals surface area contributed by atoms with Crippen LogP contribution in [0.25, 0.3) is 11.3 Å². The van der Waals surface area contributed by atoms with Gasteiger partial charge in [-0.05, 0) is 49.3 Å². The number of nitrogens with one attached hydrogen (secondary N) is 1. The van der Waals surface area contributed by atoms with Gasteiger partial charge in [0, 0.05) is 17.0 Å². The fourth-order valence-corrected chi connectivity index (χ4v) is 4.85. The number of thiazole rings is 1. The van der Waals surface area contributed by atoms with Crippen LogP contribution in [0.3, 0.4) is 0 Å². The second kappa shape index (κ2) is 9.38. The molecule has 4 rings (SSSR count). The molecule has 1 atom stereocenters. The van der Waals surface area contributed by atoms with E-state index < -0.39 is 11.9 Å². The maximum Gasteiger partial charge on any atom is 0.308 e. The van der Waals surface area contributed by atoms with Crippen LogP contribution in [0.5, 0.6) is 0 Å². The third-order valence-electron chi connectivity index (χ3n) is 5.27. The molecule has 0 aliphatic heterocycles. The molecule has 0 bridgehead atoms. The van der Waals surface area contributed by atoms with Crippen molar-refractivity contribution >= 4 is 45.6 Å². The second-order valence-corrected chi connectivity index (χ2v) is 9.42. The number of rotatable bonds is 9. The minimum absolute atomic E-state index is 0.348. The fourth-order valence-electron chi connectivity index (χ4n) is 3.39. The molecule has 1 heterocycles. The Labute approximate surface area is 189 Å². The molecule has 1 saturated carbocycles. The maximum atomic E-state index is 11.7. The van der Waals surface area contributed by atoms with E-state index in [-0.39, 0.29) is 0 Å². The maximum absolute atomic E-state index is 11.7. The van der Waals surface area contributed by atoms with Gasteiger partial charge in [-0.3, -0.25) is 4.79 Å². The Hall–Kier alpha value is -2.08. The van der Waals surface area contributed by atoms with Crippen molar-refractivity contribution < 1.29 is 9.90 Å². The summed E-state index contributed by atoms with van der Waals surface area (Å²) in [5, 5.41) is 14.7. The Morgan fingerprint density at radius 2 is 1.93 bits per heavy atom. The molecule has 2 N–H and O–H groups in total. The van der Waals surface area contributed by atoms with Crippen LogP contribution < -0.4 is 5.32 Å². The number of carboxylic acids is 1. The van der Waals surface area contributed by atoms with Crippen molar-refractivity contribution in [2.45, 2.75) is 31.6 Å². The lowest BCUT2D eigenvalue weighted by molar-refractivity contribution is -0.141. The predicted molar refractivity (Wildman–Crippen MR) is 124 cm³/mol. The van der Waals surface area contributed by atoms with E-state index in [9.17, 15) is 9.90 Å². The molecule has 1 aliphatic carbocycles. The summed E-state index contributed by atoms with van der Waals surface area (Å²) in [5.41, 5.74) is 3.00. The molecular formula is C23H22Cl2N2O2S. The minimum atomic E-state index is -0.790. The number of carboxylic acid groups (broad SMARTS) is 1. The zero-order valence-electron chi connectivity index (χ0n) is 16.3. The predicted octanol–water partition coefficient (Wildman–Crippen LogP) is 6.74. The van der Waals surface area contributed by atoms with E-state index in [1.807, 2.05) is 42.5 Å². The second-order valence-electron chi connectivity index (χ2n) is 7.58. The van der Waals surface area contributed by atoms with Gasteiger partial charge in [0.25, 0.3) is 0 Å². The molecule has 4 nitrogen and oxygen atoms in total. The highest BCUT2D eigenvalue weighted by Gasteiger charge is 2.30. The first-order valence-corrected chi connectivity index (χ1v) is 11.5. The van der Waals surface area contributed by atoms with Crippen LogP contribution in [0.15, 0.2) is 48.5 Å². The molecule has 7 heteroatoms. The summed E-state index contributed by atoms with van der Waals surface area (Å²) in [6, 6.07) is 15.5. The van der Waals surface area contributed by atoms with E-state index in [1.165, 1.54) is 4.88 Å². The minimum Gasteiger partial charge on any atom is -0.481 e. The lowest BCUT2D eigenvalue weighted by Gasteiger charge is -2.12. The first kappa shape index (κ1) is 21.2. The first-order chi connectivity index (χ1) is 14.5. The Morgan fingerprint density at radius 3 is 2.60 bits per heavy atom. The zero-order chi connectivity index (χ0) is 21.1. The van der Waals surface area contributed by atoms with Gasteiger partial charge in [0.05, 0.1) is 21.7 Å². The summed E-state index contributed by atoms with van der Waals surface area (Å²) in [7, 11) is 0. The molecule has 0 amide bonds. The van der Waals surface area contributed by atoms with Crippen molar-refractivity contribution in [1.29, 1.82) is 0 Å². The van der Waals surface area contributed by atoms with Gasteiger partial charge < -0.3 is 10.4 Å². The number of hydrogen-bond acceptors (Lipinski definition) is 4. The van der Waals surface area contributed by atoms with Gasteiger partial charge in [0.2, 0.25) is 0 Å². The van der Waals surface area contributed by atoms with E-state index in [2.05, 4.69) is 5.32 Å². The highest BCUT2D eigenvalue weighted by molar-refractivity contribution is 7.16. The van der Waals surface area contributed by atoms with Gasteiger partial charge in [-0.15, -0.1) is 11.3 Å². The van der Waals surface area contributed by atoms with Crippen LogP contribution in [0.4, 0.5) is 5.13 Å². The SMILES string of the molecule is O=C(O)C(CCc1ccccc1)CNc1nc(-c2ccc(Cl)c(Cl)c2)c(C2CC2)s1. The summed E-state index contributed by atoms with van der Waals surface area (Å²) in [6.45, 7) is 0.348. The molecule has 1 unspecified atom stereocenters. The smallest absolute Gasteiger partial charge is 0.308 e. The number of nitrogens with zero attached hydrogens (tertiary/aromatic N) is 1. The highest BCUT2D eigenvalue weighted by atomic mass is 35.5. The number of aromatic nitrogens is 1. The lowest BCUT2D eigenvalue weighted by atomic mass is 9.99. The Morgan fingerprint density at radius 1 is 1.17 bits per heavy atom. The number of aliphatic carboxylic acids is 1. The fraction of sp³-hybridized carbons (Fsp3) is 0.304. The van der Waals surface area contributed by atoms with Crippen molar-refractivity contribution in [3.8, 4) is 11.3 Å². The Kier molecular flexibility index (Phi) is 6.61. The first-order valence-electron chi connectivity index (χ1n) is 9.98. The molecule has 1 fully saturated rings. The monoisotopic (exact) mass is 460 g/mol. The molecule has 0 spiro atoms. The van der Waals surface area contributed by atoms with Crippen LogP contribution in [0, 0.1) is 5.92 Å². The van der Waals surface area contributed by atoms with Crippen LogP contribution in [0.1, 0.15) is 35.6 Å². The van der Waals surface area contributed by atoms with Crippen molar-refractivity contribution in [3.05, 3.63) is 69.0 Å².